The van der Waals surface area contributed by atoms with E-state index in [9.17, 15) is 9.59 Å². The third kappa shape index (κ3) is 3.10. The number of carbonyl (C=O) groups excluding carboxylic acids is 2. The Kier molecular flexibility index (Phi) is 4.09. The summed E-state index contributed by atoms with van der Waals surface area (Å²) >= 11 is 0. The molecule has 1 aliphatic carbocycles. The Morgan fingerprint density at radius 2 is 2.14 bits per heavy atom. The smallest absolute Gasteiger partial charge is 0.359 e. The molecule has 1 fully saturated rings. The van der Waals surface area contributed by atoms with Gasteiger partial charge in [0.05, 0.1) is 0 Å². The fraction of sp³-hybridized carbons (Fsp3) is 0.438. The molecule has 0 spiro atoms. The summed E-state index contributed by atoms with van der Waals surface area (Å²) in [7, 11) is 0. The van der Waals surface area contributed by atoms with Crippen molar-refractivity contribution in [2.45, 2.75) is 44.8 Å². The van der Waals surface area contributed by atoms with Crippen molar-refractivity contribution < 1.29 is 14.3 Å². The van der Waals surface area contributed by atoms with Crippen LogP contribution in [-0.2, 0) is 9.53 Å². The van der Waals surface area contributed by atoms with Gasteiger partial charge in [0.1, 0.15) is 5.65 Å². The quantitative estimate of drug-likeness (QED) is 0.876. The van der Waals surface area contributed by atoms with E-state index in [0.717, 1.165) is 25.7 Å². The molecule has 0 unspecified atom stereocenters. The molecule has 0 aromatic carbocycles. The van der Waals surface area contributed by atoms with Crippen molar-refractivity contribution in [2.75, 3.05) is 0 Å². The molecule has 22 heavy (non-hydrogen) atoms. The number of amides is 1. The Morgan fingerprint density at radius 1 is 1.36 bits per heavy atom. The number of ether oxygens (including phenoxy) is 1. The van der Waals surface area contributed by atoms with Gasteiger partial charge in [0, 0.05) is 18.4 Å². The van der Waals surface area contributed by atoms with Crippen LogP contribution in [0.3, 0.4) is 0 Å². The molecule has 0 bridgehead atoms. The summed E-state index contributed by atoms with van der Waals surface area (Å²) < 4.78 is 6.95. The minimum absolute atomic E-state index is 0.201. The largest absolute Gasteiger partial charge is 0.448 e. The summed E-state index contributed by atoms with van der Waals surface area (Å²) in [5, 5.41) is 2.92. The second-order valence-electron chi connectivity index (χ2n) is 5.63. The maximum Gasteiger partial charge on any atom is 0.359 e. The molecule has 1 amide bonds. The Hall–Kier alpha value is -2.37. The molecule has 1 aliphatic rings. The van der Waals surface area contributed by atoms with E-state index in [1.807, 2.05) is 12.1 Å². The van der Waals surface area contributed by atoms with E-state index in [2.05, 4.69) is 10.3 Å². The lowest BCUT2D eigenvalue weighted by Crippen LogP contribution is -2.40. The van der Waals surface area contributed by atoms with Gasteiger partial charge in [0.15, 0.2) is 11.8 Å². The van der Waals surface area contributed by atoms with Crippen molar-refractivity contribution in [2.24, 2.45) is 0 Å². The minimum atomic E-state index is -0.821. The number of fused-ring (bicyclic) bond motifs is 1. The van der Waals surface area contributed by atoms with Crippen molar-refractivity contribution in [1.82, 2.24) is 14.7 Å². The fourth-order valence-electron chi connectivity index (χ4n) is 2.70. The zero-order valence-electron chi connectivity index (χ0n) is 12.5. The highest BCUT2D eigenvalue weighted by Crippen LogP contribution is 2.18. The number of imidazole rings is 1. The SMILES string of the molecule is C[C@H](OC(=O)c1cn2ccccc2n1)C(=O)NC1CCCC1. The molecule has 116 valence electrons. The number of esters is 1. The van der Waals surface area contributed by atoms with Crippen molar-refractivity contribution in [3.05, 3.63) is 36.3 Å². The van der Waals surface area contributed by atoms with Crippen molar-refractivity contribution in [3.8, 4) is 0 Å². The van der Waals surface area contributed by atoms with Gasteiger partial charge >= 0.3 is 5.97 Å². The normalized spacial score (nSPS) is 16.6. The lowest BCUT2D eigenvalue weighted by atomic mass is 10.2. The first kappa shape index (κ1) is 14.6. The van der Waals surface area contributed by atoms with Crippen LogP contribution < -0.4 is 5.32 Å². The van der Waals surface area contributed by atoms with Gasteiger partial charge in [-0.2, -0.15) is 0 Å². The highest BCUT2D eigenvalue weighted by molar-refractivity contribution is 5.91. The predicted octanol–water partition coefficient (Wildman–Crippen LogP) is 1.94. The average molecular weight is 301 g/mol. The molecule has 3 rings (SSSR count). The van der Waals surface area contributed by atoms with Crippen molar-refractivity contribution >= 4 is 17.5 Å². The third-order valence-electron chi connectivity index (χ3n) is 3.93. The summed E-state index contributed by atoms with van der Waals surface area (Å²) in [6.07, 6.45) is 6.85. The standard InChI is InChI=1S/C16H19N3O3/c1-11(15(20)17-12-6-2-3-7-12)22-16(21)13-10-19-9-5-4-8-14(19)18-13/h4-5,8-12H,2-3,6-7H2,1H3,(H,17,20)/t11-/m0/s1. The molecule has 1 atom stereocenters. The lowest BCUT2D eigenvalue weighted by molar-refractivity contribution is -0.129. The van der Waals surface area contributed by atoms with Gasteiger partial charge < -0.3 is 14.5 Å². The first-order chi connectivity index (χ1) is 10.6. The number of carbonyl (C=O) groups is 2. The van der Waals surface area contributed by atoms with Crippen LogP contribution in [0.4, 0.5) is 0 Å². The van der Waals surface area contributed by atoms with E-state index in [1.54, 1.807) is 29.8 Å². The Morgan fingerprint density at radius 3 is 2.86 bits per heavy atom. The van der Waals surface area contributed by atoms with Crippen molar-refractivity contribution in [3.63, 3.8) is 0 Å². The van der Waals surface area contributed by atoms with Gasteiger partial charge in [-0.05, 0) is 31.9 Å². The van der Waals surface area contributed by atoms with Crippen LogP contribution in [-0.4, -0.2) is 33.4 Å². The van der Waals surface area contributed by atoms with E-state index in [-0.39, 0.29) is 17.6 Å². The van der Waals surface area contributed by atoms with Gasteiger partial charge in [0.25, 0.3) is 5.91 Å². The molecule has 6 nitrogen and oxygen atoms in total. The van der Waals surface area contributed by atoms with Crippen LogP contribution in [0.1, 0.15) is 43.1 Å². The van der Waals surface area contributed by atoms with Gasteiger partial charge in [-0.25, -0.2) is 9.78 Å². The first-order valence-electron chi connectivity index (χ1n) is 7.58. The fourth-order valence-corrected chi connectivity index (χ4v) is 2.70. The van der Waals surface area contributed by atoms with Crippen LogP contribution in [0, 0.1) is 0 Å². The van der Waals surface area contributed by atoms with Gasteiger partial charge in [-0.1, -0.05) is 18.9 Å². The van der Waals surface area contributed by atoms with Crippen LogP contribution in [0.15, 0.2) is 30.6 Å². The monoisotopic (exact) mass is 301 g/mol. The molecule has 2 aromatic rings. The zero-order chi connectivity index (χ0) is 15.5. The average Bonchev–Trinajstić information content (AvgIpc) is 3.15. The maximum absolute atomic E-state index is 12.1. The molecule has 0 radical (unpaired) electrons. The highest BCUT2D eigenvalue weighted by Gasteiger charge is 2.24. The second kappa shape index (κ2) is 6.17. The topological polar surface area (TPSA) is 72.7 Å². The zero-order valence-corrected chi connectivity index (χ0v) is 12.5. The number of nitrogens with zero attached hydrogens (tertiary/aromatic N) is 2. The summed E-state index contributed by atoms with van der Waals surface area (Å²) in [5.41, 5.74) is 0.865. The second-order valence-corrected chi connectivity index (χ2v) is 5.63. The number of nitrogens with one attached hydrogen (secondary N) is 1. The van der Waals surface area contributed by atoms with E-state index in [4.69, 9.17) is 4.74 Å². The molecular weight excluding hydrogens is 282 g/mol. The van der Waals surface area contributed by atoms with E-state index in [1.165, 1.54) is 0 Å². The molecule has 1 N–H and O–H groups in total. The number of rotatable bonds is 4. The Labute approximate surface area is 128 Å². The summed E-state index contributed by atoms with van der Waals surface area (Å²) in [6.45, 7) is 1.58. The van der Waals surface area contributed by atoms with Crippen LogP contribution in [0.2, 0.25) is 0 Å². The first-order valence-corrected chi connectivity index (χ1v) is 7.58. The van der Waals surface area contributed by atoms with Crippen molar-refractivity contribution in [1.29, 1.82) is 0 Å². The highest BCUT2D eigenvalue weighted by atomic mass is 16.5. The number of aromatic nitrogens is 2. The van der Waals surface area contributed by atoms with Gasteiger partial charge in [0.2, 0.25) is 0 Å². The van der Waals surface area contributed by atoms with Gasteiger partial charge in [-0.15, -0.1) is 0 Å². The van der Waals surface area contributed by atoms with Crippen LogP contribution in [0.5, 0.6) is 0 Å². The minimum Gasteiger partial charge on any atom is -0.448 e. The Balaban J connectivity index is 1.61. The van der Waals surface area contributed by atoms with E-state index >= 15 is 0 Å². The maximum atomic E-state index is 12.1. The van der Waals surface area contributed by atoms with Crippen LogP contribution in [0.25, 0.3) is 5.65 Å². The van der Waals surface area contributed by atoms with Crippen LogP contribution >= 0.6 is 0 Å². The molecule has 2 aromatic heterocycles. The molecule has 1 saturated carbocycles. The lowest BCUT2D eigenvalue weighted by Gasteiger charge is -2.16. The summed E-state index contributed by atoms with van der Waals surface area (Å²) in [5.74, 6) is -0.832. The summed E-state index contributed by atoms with van der Waals surface area (Å²) in [4.78, 5) is 28.3. The number of pyridine rings is 1. The molecular formula is C16H19N3O3. The predicted molar refractivity (Wildman–Crippen MR) is 80.5 cm³/mol. The third-order valence-corrected chi connectivity index (χ3v) is 3.93. The van der Waals surface area contributed by atoms with Gasteiger partial charge in [-0.3, -0.25) is 4.79 Å². The molecule has 6 heteroatoms. The van der Waals surface area contributed by atoms with E-state index in [0.29, 0.717) is 5.65 Å². The number of hydrogen-bond acceptors (Lipinski definition) is 4. The molecule has 0 aliphatic heterocycles. The van der Waals surface area contributed by atoms with E-state index < -0.39 is 12.1 Å². The Bertz CT molecular complexity index is 656. The molecule has 0 saturated heterocycles. The number of hydrogen-bond donors (Lipinski definition) is 1. The molecule has 2 heterocycles. The summed E-state index contributed by atoms with van der Waals surface area (Å²) in [6, 6.07) is 5.70.